The molecule has 0 amide bonds. The Labute approximate surface area is 171 Å². The Morgan fingerprint density at radius 1 is 0.833 bits per heavy atom. The van der Waals surface area contributed by atoms with Crippen LogP contribution in [0.15, 0.2) is 60.7 Å². The van der Waals surface area contributed by atoms with Crippen molar-refractivity contribution in [3.8, 4) is 5.75 Å². The molecule has 0 radical (unpaired) electrons. The number of aromatic nitrogens is 1. The summed E-state index contributed by atoms with van der Waals surface area (Å²) in [5.74, 6) is -5.86. The van der Waals surface area contributed by atoms with Crippen LogP contribution in [0.25, 0.3) is 22.4 Å². The topological polar surface area (TPSA) is 22.1 Å². The Bertz CT molecular complexity index is 1210. The fraction of sp³-hybridized carbons (Fsp3) is 0.0455. The van der Waals surface area contributed by atoms with Crippen molar-refractivity contribution in [1.82, 2.24) is 4.98 Å². The lowest BCUT2D eigenvalue weighted by Gasteiger charge is -2.15. The maximum Gasteiger partial charge on any atom is 0.454 e. The minimum absolute atomic E-state index is 0.326. The summed E-state index contributed by atoms with van der Waals surface area (Å²) in [5, 5.41) is -0.688. The Morgan fingerprint density at radius 3 is 2.20 bits per heavy atom. The van der Waals surface area contributed by atoms with E-state index >= 15 is 0 Å². The Kier molecular flexibility index (Phi) is 5.26. The van der Waals surface area contributed by atoms with Crippen molar-refractivity contribution in [2.75, 3.05) is 0 Å². The Balaban J connectivity index is 1.60. The number of hydrogen-bond acceptors (Lipinski definition) is 3. The second kappa shape index (κ2) is 7.87. The number of thiazole rings is 1. The summed E-state index contributed by atoms with van der Waals surface area (Å²) in [4.78, 5) is 3.86. The van der Waals surface area contributed by atoms with Crippen molar-refractivity contribution in [3.05, 3.63) is 94.2 Å². The first kappa shape index (κ1) is 20.0. The highest BCUT2D eigenvalue weighted by atomic mass is 32.1. The van der Waals surface area contributed by atoms with E-state index in [1.165, 1.54) is 0 Å². The van der Waals surface area contributed by atoms with Gasteiger partial charge in [0.25, 0.3) is 0 Å². The maximum absolute atomic E-state index is 14.5. The summed E-state index contributed by atoms with van der Waals surface area (Å²) >= 11 is 0.689. The Hall–Kier alpha value is -3.26. The number of halogens is 5. The summed E-state index contributed by atoms with van der Waals surface area (Å²) in [7, 11) is 0. The number of nitrogens with zero attached hydrogens (tertiary/aromatic N) is 1. The number of rotatable bonds is 5. The molecule has 1 heterocycles. The maximum atomic E-state index is 14.5. The number of ether oxygens (including phenoxy) is 1. The molecule has 0 N–H and O–H groups in total. The molecule has 0 aliphatic carbocycles. The number of alkyl halides is 2. The fourth-order valence-corrected chi connectivity index (χ4v) is 3.63. The van der Waals surface area contributed by atoms with Crippen LogP contribution in [0.4, 0.5) is 22.0 Å². The second-order valence-corrected chi connectivity index (χ2v) is 7.34. The van der Waals surface area contributed by atoms with Crippen LogP contribution in [0.3, 0.4) is 0 Å². The van der Waals surface area contributed by atoms with Gasteiger partial charge >= 0.3 is 6.11 Å². The van der Waals surface area contributed by atoms with Gasteiger partial charge in [-0.3, -0.25) is 0 Å². The molecule has 0 aliphatic rings. The predicted octanol–water partition coefficient (Wildman–Crippen LogP) is 7.01. The van der Waals surface area contributed by atoms with Gasteiger partial charge in [-0.2, -0.15) is 8.78 Å². The van der Waals surface area contributed by atoms with Gasteiger partial charge in [-0.15, -0.1) is 11.3 Å². The molecular formula is C22H12F5NOS. The van der Waals surface area contributed by atoms with Crippen molar-refractivity contribution in [3.63, 3.8) is 0 Å². The molecule has 8 heteroatoms. The van der Waals surface area contributed by atoms with Gasteiger partial charge in [0.2, 0.25) is 5.01 Å². The summed E-state index contributed by atoms with van der Waals surface area (Å²) in [5.41, 5.74) is 2.10. The Morgan fingerprint density at radius 2 is 1.50 bits per heavy atom. The molecule has 30 heavy (non-hydrogen) atoms. The van der Waals surface area contributed by atoms with Gasteiger partial charge in [0.1, 0.15) is 5.75 Å². The van der Waals surface area contributed by atoms with Gasteiger partial charge < -0.3 is 4.74 Å². The molecule has 4 aromatic rings. The van der Waals surface area contributed by atoms with Crippen LogP contribution in [0.2, 0.25) is 0 Å². The van der Waals surface area contributed by atoms with Crippen molar-refractivity contribution < 1.29 is 26.7 Å². The minimum Gasteiger partial charge on any atom is -0.427 e. The highest BCUT2D eigenvalue weighted by Crippen LogP contribution is 2.37. The molecule has 0 unspecified atom stereocenters. The molecule has 152 valence electrons. The molecule has 0 spiro atoms. The first-order valence-electron chi connectivity index (χ1n) is 8.67. The molecule has 2 nitrogen and oxygen atoms in total. The molecule has 0 bridgehead atoms. The molecule has 0 aliphatic heterocycles. The molecule has 3 aromatic carbocycles. The lowest BCUT2D eigenvalue weighted by atomic mass is 10.1. The van der Waals surface area contributed by atoms with Crippen LogP contribution in [0, 0.1) is 17.5 Å². The van der Waals surface area contributed by atoms with E-state index in [4.69, 9.17) is 0 Å². The van der Waals surface area contributed by atoms with Crippen LogP contribution in [0.5, 0.6) is 5.75 Å². The van der Waals surface area contributed by atoms with E-state index in [1.54, 1.807) is 18.2 Å². The average molecular weight is 433 g/mol. The van der Waals surface area contributed by atoms with Crippen LogP contribution in [-0.2, 0) is 6.11 Å². The van der Waals surface area contributed by atoms with E-state index in [0.29, 0.717) is 33.7 Å². The van der Waals surface area contributed by atoms with E-state index in [9.17, 15) is 22.0 Å². The van der Waals surface area contributed by atoms with Gasteiger partial charge in [0.05, 0.1) is 10.2 Å². The van der Waals surface area contributed by atoms with E-state index in [2.05, 4.69) is 9.72 Å². The zero-order valence-electron chi connectivity index (χ0n) is 15.1. The molecule has 4 rings (SSSR count). The highest BCUT2D eigenvalue weighted by Gasteiger charge is 2.39. The van der Waals surface area contributed by atoms with Crippen LogP contribution in [-0.4, -0.2) is 4.98 Å². The summed E-state index contributed by atoms with van der Waals surface area (Å²) < 4.78 is 73.4. The van der Waals surface area contributed by atoms with Gasteiger partial charge in [-0.25, -0.2) is 18.2 Å². The zero-order valence-corrected chi connectivity index (χ0v) is 15.9. The largest absolute Gasteiger partial charge is 0.454 e. The third kappa shape index (κ3) is 4.18. The normalized spacial score (nSPS) is 12.0. The first-order valence-corrected chi connectivity index (χ1v) is 9.49. The van der Waals surface area contributed by atoms with E-state index in [-0.39, 0.29) is 0 Å². The van der Waals surface area contributed by atoms with Crippen LogP contribution < -0.4 is 4.74 Å². The smallest absolute Gasteiger partial charge is 0.427 e. The SMILES string of the molecule is Fc1cc(OC(F)(F)c2nc3ccc(/C=C/c4ccccc4)cc3s2)cc(F)c1F. The third-order valence-electron chi connectivity index (χ3n) is 4.13. The zero-order chi connectivity index (χ0) is 21.3. The van der Waals surface area contributed by atoms with Gasteiger partial charge in [0, 0.05) is 12.1 Å². The molecule has 0 saturated heterocycles. The quantitative estimate of drug-likeness (QED) is 0.192. The molecule has 0 fully saturated rings. The van der Waals surface area contributed by atoms with Gasteiger partial charge in [0.15, 0.2) is 17.5 Å². The predicted molar refractivity (Wildman–Crippen MR) is 106 cm³/mol. The average Bonchev–Trinajstić information content (AvgIpc) is 3.15. The summed E-state index contributed by atoms with van der Waals surface area (Å²) in [6, 6.07) is 15.3. The lowest BCUT2D eigenvalue weighted by molar-refractivity contribution is -0.185. The second-order valence-electron chi connectivity index (χ2n) is 6.31. The first-order chi connectivity index (χ1) is 14.3. The molecule has 0 atom stereocenters. The fourth-order valence-electron chi connectivity index (χ4n) is 2.71. The van der Waals surface area contributed by atoms with Crippen molar-refractivity contribution in [2.45, 2.75) is 6.11 Å². The van der Waals surface area contributed by atoms with E-state index in [0.717, 1.165) is 11.1 Å². The van der Waals surface area contributed by atoms with Crippen molar-refractivity contribution in [1.29, 1.82) is 0 Å². The monoisotopic (exact) mass is 433 g/mol. The number of benzene rings is 3. The standard InChI is InChI=1S/C22H12F5NOS/c23-16-11-15(12-17(24)20(16)25)29-22(26,27)21-28-18-9-8-14(10-19(18)30-21)7-6-13-4-2-1-3-5-13/h1-12H/b7-6+. The van der Waals surface area contributed by atoms with Crippen molar-refractivity contribution >= 4 is 33.7 Å². The van der Waals surface area contributed by atoms with Crippen molar-refractivity contribution in [2.24, 2.45) is 0 Å². The van der Waals surface area contributed by atoms with Crippen LogP contribution >= 0.6 is 11.3 Å². The minimum atomic E-state index is -3.96. The lowest BCUT2D eigenvalue weighted by Crippen LogP contribution is -2.21. The van der Waals surface area contributed by atoms with E-state index < -0.39 is 34.3 Å². The summed E-state index contributed by atoms with van der Waals surface area (Å²) in [6.45, 7) is 0. The number of hydrogen-bond donors (Lipinski definition) is 0. The van der Waals surface area contributed by atoms with Gasteiger partial charge in [-0.1, -0.05) is 48.6 Å². The molecular weight excluding hydrogens is 421 g/mol. The van der Waals surface area contributed by atoms with E-state index in [1.807, 2.05) is 42.5 Å². The molecule has 0 saturated carbocycles. The highest BCUT2D eigenvalue weighted by molar-refractivity contribution is 7.18. The number of fused-ring (bicyclic) bond motifs is 1. The molecule has 1 aromatic heterocycles. The summed E-state index contributed by atoms with van der Waals surface area (Å²) in [6.07, 6.45) is -0.230. The van der Waals surface area contributed by atoms with Crippen LogP contribution in [0.1, 0.15) is 16.1 Å². The third-order valence-corrected chi connectivity index (χ3v) is 5.20. The van der Waals surface area contributed by atoms with Gasteiger partial charge in [-0.05, 0) is 23.3 Å².